The molecule has 0 heterocycles. The molecule has 20 heavy (non-hydrogen) atoms. The van der Waals surface area contributed by atoms with Gasteiger partial charge in [0.05, 0.1) is 6.54 Å². The average molecular weight is 275 g/mol. The number of carbonyl (C=O) groups is 1. The highest BCUT2D eigenvalue weighted by molar-refractivity contribution is 5.86. The second-order valence-corrected chi connectivity index (χ2v) is 4.88. The van der Waals surface area contributed by atoms with Gasteiger partial charge in [0.1, 0.15) is 0 Å². The van der Waals surface area contributed by atoms with Gasteiger partial charge in [-0.15, -0.1) is 5.06 Å². The number of hydroxylamine groups is 2. The van der Waals surface area contributed by atoms with E-state index in [1.807, 2.05) is 6.92 Å². The Morgan fingerprint density at radius 2 is 1.85 bits per heavy atom. The fourth-order valence-corrected chi connectivity index (χ4v) is 2.22. The number of nitrogens with zero attached hydrogens (tertiary/aromatic N) is 1. The predicted octanol–water partition coefficient (Wildman–Crippen LogP) is 3.67. The van der Waals surface area contributed by atoms with E-state index in [-0.39, 0.29) is 5.97 Å². The van der Waals surface area contributed by atoms with Crippen molar-refractivity contribution in [1.29, 1.82) is 0 Å². The van der Waals surface area contributed by atoms with Crippen LogP contribution in [-0.4, -0.2) is 17.6 Å². The van der Waals surface area contributed by atoms with E-state index in [1.165, 1.54) is 16.7 Å². The normalized spacial score (nSPS) is 10.7. The van der Waals surface area contributed by atoms with E-state index in [9.17, 15) is 4.79 Å². The Labute approximate surface area is 122 Å². The Balaban J connectivity index is 2.90. The maximum atomic E-state index is 11.6. The first-order valence-electron chi connectivity index (χ1n) is 7.25. The molecule has 0 bridgehead atoms. The summed E-state index contributed by atoms with van der Waals surface area (Å²) in [5.74, 6) is -0.364. The van der Waals surface area contributed by atoms with Gasteiger partial charge in [0.15, 0.2) is 0 Å². The van der Waals surface area contributed by atoms with Gasteiger partial charge in [-0.1, -0.05) is 38.6 Å². The van der Waals surface area contributed by atoms with E-state index < -0.39 is 0 Å². The van der Waals surface area contributed by atoms with Crippen molar-refractivity contribution in [3.63, 3.8) is 0 Å². The minimum Gasteiger partial charge on any atom is -0.364 e. The number of hydrogen-bond acceptors (Lipinski definition) is 3. The van der Waals surface area contributed by atoms with Crippen LogP contribution in [-0.2, 0) is 29.0 Å². The molecule has 0 aromatic heterocycles. The van der Waals surface area contributed by atoms with Crippen LogP contribution in [0.15, 0.2) is 30.4 Å². The van der Waals surface area contributed by atoms with Gasteiger partial charge >= 0.3 is 5.97 Å². The Bertz CT molecular complexity index is 480. The molecule has 3 heteroatoms. The lowest BCUT2D eigenvalue weighted by atomic mass is 9.97. The highest BCUT2D eigenvalue weighted by Crippen LogP contribution is 2.18. The molecule has 0 N–H and O–H groups in total. The quantitative estimate of drug-likeness (QED) is 0.562. The largest absolute Gasteiger partial charge is 0.364 e. The van der Waals surface area contributed by atoms with Crippen molar-refractivity contribution in [2.24, 2.45) is 0 Å². The van der Waals surface area contributed by atoms with Gasteiger partial charge in [-0.3, -0.25) is 0 Å². The van der Waals surface area contributed by atoms with Gasteiger partial charge in [-0.25, -0.2) is 4.79 Å². The summed E-state index contributed by atoms with van der Waals surface area (Å²) < 4.78 is 0. The maximum absolute atomic E-state index is 11.6. The molecule has 1 aromatic rings. The molecule has 0 aliphatic heterocycles. The average Bonchev–Trinajstić information content (AvgIpc) is 2.45. The van der Waals surface area contributed by atoms with Crippen LogP contribution in [0.3, 0.4) is 0 Å². The van der Waals surface area contributed by atoms with Crippen LogP contribution in [0, 0.1) is 0 Å². The second kappa shape index (κ2) is 7.85. The van der Waals surface area contributed by atoms with Crippen molar-refractivity contribution in [2.45, 2.75) is 47.1 Å². The Kier molecular flexibility index (Phi) is 6.46. The molecular formula is C17H25NO2. The fourth-order valence-electron chi connectivity index (χ4n) is 2.22. The van der Waals surface area contributed by atoms with Gasteiger partial charge in [0, 0.05) is 12.1 Å². The first kappa shape index (κ1) is 16.4. The fraction of sp³-hybridized carbons (Fsp3) is 0.471. The van der Waals surface area contributed by atoms with Gasteiger partial charge < -0.3 is 4.84 Å². The summed E-state index contributed by atoms with van der Waals surface area (Å²) in [6, 6.07) is 6.34. The summed E-state index contributed by atoms with van der Waals surface area (Å²) >= 11 is 0. The lowest BCUT2D eigenvalue weighted by Crippen LogP contribution is -2.27. The molecular weight excluding hydrogens is 250 g/mol. The Hall–Kier alpha value is -1.61. The summed E-state index contributed by atoms with van der Waals surface area (Å²) in [6.45, 7) is 12.8. The lowest BCUT2D eigenvalue weighted by molar-refractivity contribution is -0.187. The number of benzene rings is 1. The molecule has 0 spiro atoms. The molecule has 0 aliphatic rings. The summed E-state index contributed by atoms with van der Waals surface area (Å²) in [5.41, 5.74) is 4.37. The second-order valence-electron chi connectivity index (χ2n) is 4.88. The zero-order valence-electron chi connectivity index (χ0n) is 13.0. The number of hydrogen-bond donors (Lipinski definition) is 0. The minimum absolute atomic E-state index is 0.364. The Morgan fingerprint density at radius 1 is 1.20 bits per heavy atom. The van der Waals surface area contributed by atoms with Crippen LogP contribution in [0.4, 0.5) is 0 Å². The molecule has 1 aromatic carbocycles. The number of rotatable bonds is 7. The number of carbonyl (C=O) groups excluding carboxylic acids is 1. The lowest BCUT2D eigenvalue weighted by Gasteiger charge is -2.22. The molecule has 1 rings (SSSR count). The molecule has 0 saturated heterocycles. The van der Waals surface area contributed by atoms with Crippen molar-refractivity contribution in [1.82, 2.24) is 5.06 Å². The van der Waals surface area contributed by atoms with E-state index in [0.717, 1.165) is 12.8 Å². The first-order valence-corrected chi connectivity index (χ1v) is 7.25. The topological polar surface area (TPSA) is 29.5 Å². The number of aryl methyl sites for hydroxylation is 1. The van der Waals surface area contributed by atoms with Crippen molar-refractivity contribution >= 4 is 5.97 Å². The molecule has 0 amide bonds. The van der Waals surface area contributed by atoms with Gasteiger partial charge in [0.2, 0.25) is 0 Å². The zero-order valence-corrected chi connectivity index (χ0v) is 13.0. The van der Waals surface area contributed by atoms with Crippen molar-refractivity contribution in [3.8, 4) is 0 Å². The van der Waals surface area contributed by atoms with Crippen LogP contribution >= 0.6 is 0 Å². The third-order valence-electron chi connectivity index (χ3n) is 3.36. The summed E-state index contributed by atoms with van der Waals surface area (Å²) in [5, 5.41) is 1.69. The standard InChI is InChI=1S/C17H25NO2/c1-6-14-10-9-11-15(16(14)7-2)12-18(8-3)20-17(19)13(4)5/h9-11H,4,6-8,12H2,1-3,5H3. The van der Waals surface area contributed by atoms with Crippen LogP contribution in [0.2, 0.25) is 0 Å². The molecule has 110 valence electrons. The van der Waals surface area contributed by atoms with Crippen LogP contribution in [0.1, 0.15) is 44.4 Å². The summed E-state index contributed by atoms with van der Waals surface area (Å²) in [4.78, 5) is 16.9. The Morgan fingerprint density at radius 3 is 2.35 bits per heavy atom. The molecule has 0 unspecified atom stereocenters. The van der Waals surface area contributed by atoms with Crippen molar-refractivity contribution in [3.05, 3.63) is 47.0 Å². The SMILES string of the molecule is C=C(C)C(=O)ON(CC)Cc1cccc(CC)c1CC. The van der Waals surface area contributed by atoms with Crippen LogP contribution in [0.5, 0.6) is 0 Å². The van der Waals surface area contributed by atoms with E-state index in [4.69, 9.17) is 4.84 Å². The molecule has 0 saturated carbocycles. The monoisotopic (exact) mass is 275 g/mol. The smallest absolute Gasteiger partial charge is 0.352 e. The highest BCUT2D eigenvalue weighted by Gasteiger charge is 2.14. The third-order valence-corrected chi connectivity index (χ3v) is 3.36. The molecule has 0 fully saturated rings. The summed E-state index contributed by atoms with van der Waals surface area (Å²) in [7, 11) is 0. The van der Waals surface area contributed by atoms with Gasteiger partial charge in [-0.05, 0) is 43.4 Å². The highest BCUT2D eigenvalue weighted by atomic mass is 16.7. The van der Waals surface area contributed by atoms with Gasteiger partial charge in [-0.2, -0.15) is 0 Å². The van der Waals surface area contributed by atoms with E-state index >= 15 is 0 Å². The van der Waals surface area contributed by atoms with E-state index in [1.54, 1.807) is 12.0 Å². The first-order chi connectivity index (χ1) is 9.53. The van der Waals surface area contributed by atoms with Crippen LogP contribution in [0.25, 0.3) is 0 Å². The van der Waals surface area contributed by atoms with Crippen molar-refractivity contribution in [2.75, 3.05) is 6.54 Å². The van der Waals surface area contributed by atoms with Gasteiger partial charge in [0.25, 0.3) is 0 Å². The molecule has 0 radical (unpaired) electrons. The minimum atomic E-state index is -0.364. The molecule has 0 aliphatic carbocycles. The predicted molar refractivity (Wildman–Crippen MR) is 82.2 cm³/mol. The van der Waals surface area contributed by atoms with E-state index in [0.29, 0.717) is 18.7 Å². The van der Waals surface area contributed by atoms with E-state index in [2.05, 4.69) is 38.6 Å². The van der Waals surface area contributed by atoms with Crippen LogP contribution < -0.4 is 0 Å². The molecule has 3 nitrogen and oxygen atoms in total. The maximum Gasteiger partial charge on any atom is 0.352 e. The zero-order chi connectivity index (χ0) is 15.1. The summed E-state index contributed by atoms with van der Waals surface area (Å²) in [6.07, 6.45) is 2.01. The third kappa shape index (κ3) is 4.20. The molecule has 0 atom stereocenters. The van der Waals surface area contributed by atoms with Crippen molar-refractivity contribution < 1.29 is 9.63 Å².